The predicted octanol–water partition coefficient (Wildman–Crippen LogP) is 2.48. The minimum atomic E-state index is -0.242. The van der Waals surface area contributed by atoms with Crippen LogP contribution < -0.4 is 10.6 Å². The Balaban J connectivity index is 2.54. The molecule has 5 heteroatoms. The lowest BCUT2D eigenvalue weighted by Crippen LogP contribution is -2.43. The summed E-state index contributed by atoms with van der Waals surface area (Å²) in [6.45, 7) is 4.01. The van der Waals surface area contributed by atoms with E-state index in [0.717, 1.165) is 12.1 Å². The van der Waals surface area contributed by atoms with Crippen molar-refractivity contribution in [2.24, 2.45) is 0 Å². The van der Waals surface area contributed by atoms with Gasteiger partial charge in [0, 0.05) is 17.0 Å². The zero-order valence-corrected chi connectivity index (χ0v) is 12.5. The molecule has 2 amide bonds. The molecule has 0 bridgehead atoms. The molecule has 0 aliphatic carbocycles. The molecular weight excluding hydrogens is 260 g/mol. The third kappa shape index (κ3) is 5.12. The average Bonchev–Trinajstić information content (AvgIpc) is 2.40. The molecule has 0 aromatic heterocycles. The molecule has 1 aromatic carbocycles. The van der Waals surface area contributed by atoms with Gasteiger partial charge in [0.05, 0.1) is 6.61 Å². The van der Waals surface area contributed by atoms with Gasteiger partial charge in [0.2, 0.25) is 0 Å². The van der Waals surface area contributed by atoms with Gasteiger partial charge in [-0.05, 0) is 37.3 Å². The number of urea groups is 1. The van der Waals surface area contributed by atoms with Crippen molar-refractivity contribution >= 4 is 23.5 Å². The van der Waals surface area contributed by atoms with Gasteiger partial charge >= 0.3 is 6.03 Å². The van der Waals surface area contributed by atoms with Crippen molar-refractivity contribution in [3.63, 3.8) is 0 Å². The van der Waals surface area contributed by atoms with Crippen LogP contribution in [-0.2, 0) is 6.42 Å². The molecule has 19 heavy (non-hydrogen) atoms. The first kappa shape index (κ1) is 15.9. The molecule has 2 atom stereocenters. The van der Waals surface area contributed by atoms with Crippen LogP contribution in [0.1, 0.15) is 19.4 Å². The number of aryl methyl sites for hydroxylation is 1. The van der Waals surface area contributed by atoms with E-state index in [1.807, 2.05) is 37.4 Å². The molecule has 2 unspecified atom stereocenters. The zero-order chi connectivity index (χ0) is 14.3. The highest BCUT2D eigenvalue weighted by Gasteiger charge is 2.17. The van der Waals surface area contributed by atoms with Gasteiger partial charge in [0.15, 0.2) is 0 Å². The number of rotatable bonds is 6. The number of benzene rings is 1. The summed E-state index contributed by atoms with van der Waals surface area (Å²) in [5.74, 6) is 0. The van der Waals surface area contributed by atoms with Gasteiger partial charge in [-0.25, -0.2) is 4.79 Å². The fraction of sp³-hybridized carbons (Fsp3) is 0.500. The predicted molar refractivity (Wildman–Crippen MR) is 81.8 cm³/mol. The quantitative estimate of drug-likeness (QED) is 0.751. The largest absolute Gasteiger partial charge is 0.395 e. The fourth-order valence-corrected chi connectivity index (χ4v) is 2.40. The number of aliphatic hydroxyl groups is 1. The van der Waals surface area contributed by atoms with Gasteiger partial charge < -0.3 is 15.7 Å². The Morgan fingerprint density at radius 3 is 2.79 bits per heavy atom. The molecule has 0 saturated heterocycles. The maximum absolute atomic E-state index is 11.8. The summed E-state index contributed by atoms with van der Waals surface area (Å²) >= 11 is 1.54. The average molecular weight is 282 g/mol. The van der Waals surface area contributed by atoms with Gasteiger partial charge in [-0.3, -0.25) is 0 Å². The molecule has 0 fully saturated rings. The Kier molecular flexibility index (Phi) is 6.73. The van der Waals surface area contributed by atoms with E-state index in [9.17, 15) is 9.90 Å². The summed E-state index contributed by atoms with van der Waals surface area (Å²) in [5, 5.41) is 14.8. The monoisotopic (exact) mass is 282 g/mol. The number of hydrogen-bond acceptors (Lipinski definition) is 3. The summed E-state index contributed by atoms with van der Waals surface area (Å²) < 4.78 is 0. The Morgan fingerprint density at radius 1 is 1.47 bits per heavy atom. The SMILES string of the molecule is CCc1cccc(NC(=O)NC(C)C(CO)SC)c1. The van der Waals surface area contributed by atoms with E-state index in [0.29, 0.717) is 0 Å². The fourth-order valence-electron chi connectivity index (χ4n) is 1.77. The number of hydrogen-bond donors (Lipinski definition) is 3. The summed E-state index contributed by atoms with van der Waals surface area (Å²) in [6, 6.07) is 7.45. The van der Waals surface area contributed by atoms with E-state index in [2.05, 4.69) is 17.6 Å². The molecule has 106 valence electrons. The van der Waals surface area contributed by atoms with Crippen molar-refractivity contribution in [2.45, 2.75) is 31.6 Å². The Bertz CT molecular complexity index is 408. The van der Waals surface area contributed by atoms with Crippen molar-refractivity contribution in [3.05, 3.63) is 29.8 Å². The summed E-state index contributed by atoms with van der Waals surface area (Å²) in [4.78, 5) is 11.8. The van der Waals surface area contributed by atoms with Gasteiger partial charge in [0.25, 0.3) is 0 Å². The van der Waals surface area contributed by atoms with Crippen LogP contribution in [0.2, 0.25) is 0 Å². The highest BCUT2D eigenvalue weighted by Crippen LogP contribution is 2.12. The second-order valence-corrected chi connectivity index (χ2v) is 5.47. The normalized spacial score (nSPS) is 13.7. The van der Waals surface area contributed by atoms with Crippen LogP contribution in [0.5, 0.6) is 0 Å². The standard InChI is InChI=1S/C14H22N2O2S/c1-4-11-6-5-7-12(8-11)16-14(18)15-10(2)13(9-17)19-3/h5-8,10,13,17H,4,9H2,1-3H3,(H2,15,16,18). The molecule has 1 aromatic rings. The molecular formula is C14H22N2O2S. The van der Waals surface area contributed by atoms with Gasteiger partial charge in [-0.2, -0.15) is 11.8 Å². The van der Waals surface area contributed by atoms with Crippen LogP contribution in [0, 0.1) is 0 Å². The minimum Gasteiger partial charge on any atom is -0.395 e. The second kappa shape index (κ2) is 8.07. The smallest absolute Gasteiger partial charge is 0.319 e. The topological polar surface area (TPSA) is 61.4 Å². The Morgan fingerprint density at radius 2 is 2.21 bits per heavy atom. The number of thioether (sulfide) groups is 1. The van der Waals surface area contributed by atoms with Gasteiger partial charge in [-0.1, -0.05) is 19.1 Å². The zero-order valence-electron chi connectivity index (χ0n) is 11.6. The molecule has 0 spiro atoms. The molecule has 3 N–H and O–H groups in total. The lowest BCUT2D eigenvalue weighted by atomic mass is 10.1. The molecule has 4 nitrogen and oxygen atoms in total. The summed E-state index contributed by atoms with van der Waals surface area (Å²) in [5.41, 5.74) is 1.97. The minimum absolute atomic E-state index is 0.00715. The van der Waals surface area contributed by atoms with E-state index in [-0.39, 0.29) is 23.9 Å². The molecule has 1 rings (SSSR count). The van der Waals surface area contributed by atoms with Crippen molar-refractivity contribution in [2.75, 3.05) is 18.2 Å². The van der Waals surface area contributed by atoms with Crippen molar-refractivity contribution in [1.29, 1.82) is 0 Å². The van der Waals surface area contributed by atoms with Crippen LogP contribution in [0.3, 0.4) is 0 Å². The molecule has 0 saturated carbocycles. The Hall–Kier alpha value is -1.20. The third-order valence-electron chi connectivity index (χ3n) is 2.99. The summed E-state index contributed by atoms with van der Waals surface area (Å²) in [6.07, 6.45) is 2.86. The van der Waals surface area contributed by atoms with E-state index < -0.39 is 0 Å². The lowest BCUT2D eigenvalue weighted by Gasteiger charge is -2.21. The molecule has 0 aliphatic rings. The van der Waals surface area contributed by atoms with Crippen molar-refractivity contribution in [1.82, 2.24) is 5.32 Å². The highest BCUT2D eigenvalue weighted by molar-refractivity contribution is 7.99. The molecule has 0 heterocycles. The van der Waals surface area contributed by atoms with E-state index in [4.69, 9.17) is 0 Å². The number of amides is 2. The second-order valence-electron chi connectivity index (χ2n) is 4.40. The van der Waals surface area contributed by atoms with Gasteiger partial charge in [0.1, 0.15) is 0 Å². The van der Waals surface area contributed by atoms with Crippen LogP contribution in [0.4, 0.5) is 10.5 Å². The highest BCUT2D eigenvalue weighted by atomic mass is 32.2. The van der Waals surface area contributed by atoms with E-state index in [1.165, 1.54) is 17.3 Å². The Labute approximate surface area is 119 Å². The lowest BCUT2D eigenvalue weighted by molar-refractivity contribution is 0.243. The molecule has 0 radical (unpaired) electrons. The summed E-state index contributed by atoms with van der Waals surface area (Å²) in [7, 11) is 0. The number of anilines is 1. The maximum Gasteiger partial charge on any atom is 0.319 e. The first-order valence-electron chi connectivity index (χ1n) is 6.40. The van der Waals surface area contributed by atoms with E-state index >= 15 is 0 Å². The van der Waals surface area contributed by atoms with Crippen LogP contribution in [0.25, 0.3) is 0 Å². The number of nitrogens with one attached hydrogen (secondary N) is 2. The van der Waals surface area contributed by atoms with Gasteiger partial charge in [-0.15, -0.1) is 0 Å². The number of carbonyl (C=O) groups is 1. The molecule has 0 aliphatic heterocycles. The van der Waals surface area contributed by atoms with Crippen LogP contribution in [-0.4, -0.2) is 35.3 Å². The number of aliphatic hydroxyl groups excluding tert-OH is 1. The first-order chi connectivity index (χ1) is 9.10. The van der Waals surface area contributed by atoms with E-state index in [1.54, 1.807) is 0 Å². The van der Waals surface area contributed by atoms with Crippen LogP contribution >= 0.6 is 11.8 Å². The third-order valence-corrected chi connectivity index (χ3v) is 4.16. The van der Waals surface area contributed by atoms with Crippen molar-refractivity contribution < 1.29 is 9.90 Å². The first-order valence-corrected chi connectivity index (χ1v) is 7.69. The van der Waals surface area contributed by atoms with Crippen molar-refractivity contribution in [3.8, 4) is 0 Å². The number of carbonyl (C=O) groups excluding carboxylic acids is 1. The maximum atomic E-state index is 11.8. The van der Waals surface area contributed by atoms with Crippen LogP contribution in [0.15, 0.2) is 24.3 Å².